The van der Waals surface area contributed by atoms with Crippen LogP contribution in [0.4, 0.5) is 10.1 Å². The van der Waals surface area contributed by atoms with Gasteiger partial charge in [-0.1, -0.05) is 23.4 Å². The molecule has 4 heterocycles. The van der Waals surface area contributed by atoms with Crippen molar-refractivity contribution in [3.05, 3.63) is 90.0 Å². The lowest BCUT2D eigenvalue weighted by molar-refractivity contribution is -0.132. The minimum absolute atomic E-state index is 0.0368. The summed E-state index contributed by atoms with van der Waals surface area (Å²) in [5.41, 5.74) is 2.07. The van der Waals surface area contributed by atoms with E-state index in [1.807, 2.05) is 18.2 Å². The van der Waals surface area contributed by atoms with Gasteiger partial charge in [-0.15, -0.1) is 0 Å². The maximum Gasteiger partial charge on any atom is 0.276 e. The van der Waals surface area contributed by atoms with E-state index in [9.17, 15) is 14.0 Å². The molecule has 4 aromatic rings. The maximum absolute atomic E-state index is 14.6. The first kappa shape index (κ1) is 30.0. The van der Waals surface area contributed by atoms with Crippen molar-refractivity contribution in [2.45, 2.75) is 52.1 Å². The first-order valence-electron chi connectivity index (χ1n) is 14.7. The highest BCUT2D eigenvalue weighted by Gasteiger charge is 2.26. The molecule has 1 aliphatic rings. The highest BCUT2D eigenvalue weighted by molar-refractivity contribution is 6.05. The summed E-state index contributed by atoms with van der Waals surface area (Å²) < 4.78 is 20.0. The average molecular weight is 586 g/mol. The molecule has 0 aliphatic carbocycles. The van der Waals surface area contributed by atoms with E-state index in [4.69, 9.17) is 4.52 Å². The van der Waals surface area contributed by atoms with Crippen molar-refractivity contribution in [1.82, 2.24) is 29.9 Å². The Kier molecular flexibility index (Phi) is 9.83. The summed E-state index contributed by atoms with van der Waals surface area (Å²) in [7, 11) is 0. The van der Waals surface area contributed by atoms with Crippen LogP contribution in [-0.2, 0) is 17.8 Å². The summed E-state index contributed by atoms with van der Waals surface area (Å²) >= 11 is 0. The van der Waals surface area contributed by atoms with Crippen LogP contribution >= 0.6 is 0 Å². The molecule has 11 heteroatoms. The molecule has 10 nitrogen and oxygen atoms in total. The van der Waals surface area contributed by atoms with Crippen molar-refractivity contribution in [1.29, 1.82) is 0 Å². The summed E-state index contributed by atoms with van der Waals surface area (Å²) in [6.07, 6.45) is 5.17. The van der Waals surface area contributed by atoms with Crippen molar-refractivity contribution in [3.63, 3.8) is 0 Å². The summed E-state index contributed by atoms with van der Waals surface area (Å²) in [6, 6.07) is 15.3. The Bertz CT molecular complexity index is 1510. The van der Waals surface area contributed by atoms with Gasteiger partial charge >= 0.3 is 0 Å². The minimum atomic E-state index is -0.446. The third-order valence-corrected chi connectivity index (χ3v) is 7.54. The van der Waals surface area contributed by atoms with Gasteiger partial charge in [0.15, 0.2) is 0 Å². The Morgan fingerprint density at radius 1 is 0.977 bits per heavy atom. The molecule has 0 radical (unpaired) electrons. The molecule has 5 rings (SSSR count). The van der Waals surface area contributed by atoms with E-state index >= 15 is 0 Å². The molecule has 0 saturated heterocycles. The number of hydrogen-bond donors (Lipinski definition) is 0. The lowest BCUT2D eigenvalue weighted by Crippen LogP contribution is -2.41. The molecule has 2 amide bonds. The van der Waals surface area contributed by atoms with E-state index in [1.165, 1.54) is 12.1 Å². The normalized spacial score (nSPS) is 14.8. The number of aryl methyl sites for hydroxylation is 1. The highest BCUT2D eigenvalue weighted by atomic mass is 19.1. The Balaban J connectivity index is 1.35. The topological polar surface area (TPSA) is 109 Å². The number of anilines is 1. The van der Waals surface area contributed by atoms with Crippen molar-refractivity contribution in [3.8, 4) is 11.5 Å². The number of pyridine rings is 2. The van der Waals surface area contributed by atoms with Crippen LogP contribution in [0.25, 0.3) is 11.5 Å². The Labute approximate surface area is 250 Å². The third-order valence-electron chi connectivity index (χ3n) is 7.54. The largest absolute Gasteiger partial charge is 0.339 e. The van der Waals surface area contributed by atoms with Crippen LogP contribution in [0.2, 0.25) is 0 Å². The summed E-state index contributed by atoms with van der Waals surface area (Å²) in [5, 5.41) is 4.01. The molecule has 0 saturated carbocycles. The number of aromatic nitrogens is 4. The molecule has 0 unspecified atom stereocenters. The fourth-order valence-electron chi connectivity index (χ4n) is 5.19. The molecule has 0 N–H and O–H groups in total. The number of carbonyl (C=O) groups excluding carboxylic acids is 2. The van der Waals surface area contributed by atoms with E-state index in [-0.39, 0.29) is 36.5 Å². The monoisotopic (exact) mass is 585 g/mol. The summed E-state index contributed by atoms with van der Waals surface area (Å²) in [6.45, 7) is 6.81. The number of rotatable bonds is 7. The third kappa shape index (κ3) is 7.66. The Morgan fingerprint density at radius 3 is 2.53 bits per heavy atom. The number of benzene rings is 1. The zero-order valence-corrected chi connectivity index (χ0v) is 24.5. The lowest BCUT2D eigenvalue weighted by Gasteiger charge is -2.30. The molecule has 43 heavy (non-hydrogen) atoms. The zero-order valence-electron chi connectivity index (χ0n) is 24.5. The molecule has 0 fully saturated rings. The standard InChI is InChI=1S/C32H36FN7O3/c1-23(2)38-17-8-18-40(32(42)27-10-4-6-16-35-27)28-21-25(33)14-13-24(28)22-39(20-19-38)30(41)12-7-11-29-36-31(37-43-29)26-9-3-5-15-34-26/h3-6,9-10,13-16,21,23H,7-8,11-12,17-20,22H2,1-2H3. The van der Waals surface area contributed by atoms with Crippen LogP contribution in [0.5, 0.6) is 0 Å². The van der Waals surface area contributed by atoms with Crippen LogP contribution in [0.1, 0.15) is 55.1 Å². The molecule has 1 aromatic carbocycles. The predicted molar refractivity (Wildman–Crippen MR) is 160 cm³/mol. The zero-order chi connectivity index (χ0) is 30.2. The van der Waals surface area contributed by atoms with Crippen LogP contribution in [0.15, 0.2) is 71.5 Å². The quantitative estimate of drug-likeness (QED) is 0.305. The van der Waals surface area contributed by atoms with Crippen LogP contribution in [0.3, 0.4) is 0 Å². The summed E-state index contributed by atoms with van der Waals surface area (Å²) in [4.78, 5) is 45.9. The molecule has 0 bridgehead atoms. The highest BCUT2D eigenvalue weighted by Crippen LogP contribution is 2.27. The molecule has 224 valence electrons. The number of carbonyl (C=O) groups is 2. The van der Waals surface area contributed by atoms with Gasteiger partial charge in [-0.2, -0.15) is 4.98 Å². The van der Waals surface area contributed by atoms with Gasteiger partial charge in [0.2, 0.25) is 17.6 Å². The summed E-state index contributed by atoms with van der Waals surface area (Å²) in [5.74, 6) is 0.0761. The smallest absolute Gasteiger partial charge is 0.276 e. The number of nitrogens with zero attached hydrogens (tertiary/aromatic N) is 7. The van der Waals surface area contributed by atoms with Gasteiger partial charge in [0.1, 0.15) is 17.2 Å². The Hall–Kier alpha value is -4.51. The SMILES string of the molecule is CC(C)N1CCCN(C(=O)c2ccccn2)c2cc(F)ccc2CN(C(=O)CCCc2nc(-c3ccccn3)no2)CC1. The van der Waals surface area contributed by atoms with Crippen molar-refractivity contribution < 1.29 is 18.5 Å². The van der Waals surface area contributed by atoms with Gasteiger partial charge in [0.25, 0.3) is 5.91 Å². The maximum atomic E-state index is 14.6. The van der Waals surface area contributed by atoms with E-state index in [0.717, 1.165) is 6.54 Å². The van der Waals surface area contributed by atoms with E-state index in [2.05, 4.69) is 38.9 Å². The molecular formula is C32H36FN7O3. The molecule has 3 aromatic heterocycles. The fraction of sp³-hybridized carbons (Fsp3) is 0.375. The molecule has 0 atom stereocenters. The fourth-order valence-corrected chi connectivity index (χ4v) is 5.19. The van der Waals surface area contributed by atoms with Crippen molar-refractivity contribution in [2.24, 2.45) is 0 Å². The van der Waals surface area contributed by atoms with Crippen molar-refractivity contribution >= 4 is 17.5 Å². The second-order valence-corrected chi connectivity index (χ2v) is 10.8. The van der Waals surface area contributed by atoms with Crippen LogP contribution < -0.4 is 4.90 Å². The Morgan fingerprint density at radius 2 is 1.79 bits per heavy atom. The molecule has 1 aliphatic heterocycles. The predicted octanol–water partition coefficient (Wildman–Crippen LogP) is 4.78. The molecular weight excluding hydrogens is 549 g/mol. The van der Waals surface area contributed by atoms with Gasteiger partial charge < -0.3 is 14.3 Å². The van der Waals surface area contributed by atoms with Crippen LogP contribution in [-0.4, -0.2) is 73.9 Å². The van der Waals surface area contributed by atoms with Gasteiger partial charge in [0.05, 0.1) is 5.69 Å². The first-order valence-corrected chi connectivity index (χ1v) is 14.7. The second-order valence-electron chi connectivity index (χ2n) is 10.8. The van der Waals surface area contributed by atoms with Gasteiger partial charge in [-0.05, 0) is 68.7 Å². The number of fused-ring (bicyclic) bond motifs is 1. The van der Waals surface area contributed by atoms with Gasteiger partial charge in [0, 0.05) is 64.0 Å². The number of halogens is 1. The molecule has 0 spiro atoms. The van der Waals surface area contributed by atoms with E-state index < -0.39 is 5.82 Å². The van der Waals surface area contributed by atoms with E-state index in [1.54, 1.807) is 46.5 Å². The first-order chi connectivity index (χ1) is 20.9. The second kappa shape index (κ2) is 14.1. The van der Waals surface area contributed by atoms with Crippen LogP contribution in [0, 0.1) is 5.82 Å². The number of amides is 2. The lowest BCUT2D eigenvalue weighted by atomic mass is 10.1. The van der Waals surface area contributed by atoms with Crippen molar-refractivity contribution in [2.75, 3.05) is 31.1 Å². The van der Waals surface area contributed by atoms with Gasteiger partial charge in [-0.25, -0.2) is 4.39 Å². The average Bonchev–Trinajstić information content (AvgIpc) is 3.49. The minimum Gasteiger partial charge on any atom is -0.339 e. The van der Waals surface area contributed by atoms with Gasteiger partial charge in [-0.3, -0.25) is 24.5 Å². The van der Waals surface area contributed by atoms with E-state index in [0.29, 0.717) is 67.6 Å². The number of hydrogen-bond acceptors (Lipinski definition) is 8.